The highest BCUT2D eigenvalue weighted by Gasteiger charge is 2.81. The van der Waals surface area contributed by atoms with Crippen molar-refractivity contribution >= 4 is 25.6 Å². The van der Waals surface area contributed by atoms with Crippen molar-refractivity contribution in [2.75, 3.05) is 0 Å². The van der Waals surface area contributed by atoms with Crippen molar-refractivity contribution < 1.29 is 14.3 Å². The van der Waals surface area contributed by atoms with Gasteiger partial charge in [-0.3, -0.25) is 4.79 Å². The number of benzene rings is 1. The van der Waals surface area contributed by atoms with Crippen LogP contribution in [0.3, 0.4) is 0 Å². The number of thioether (sulfide) groups is 1. The van der Waals surface area contributed by atoms with Crippen LogP contribution in [0.15, 0.2) is 30.3 Å². The number of hydrogen-bond acceptors (Lipinski definition) is 4. The molecule has 1 saturated carbocycles. The van der Waals surface area contributed by atoms with Gasteiger partial charge >= 0.3 is 5.97 Å². The van der Waals surface area contributed by atoms with Crippen molar-refractivity contribution in [2.45, 2.75) is 48.0 Å². The van der Waals surface area contributed by atoms with Gasteiger partial charge < -0.3 is 9.47 Å². The number of ether oxygens (including phenoxy) is 2. The Bertz CT molecular complexity index is 580. The standard InChI is InChI=1S/C16H17BO3S/c1-2-15-9-16(12(15)11(21-16)13(17)20-15)14(18)19-8-10-6-4-3-5-7-10/h3-7,11-13H,2,8-9H2,1H3/t11-,12?,13+,15-,16?/m0/s1. The summed E-state index contributed by atoms with van der Waals surface area (Å²) in [4.78, 5) is 12.5. The summed E-state index contributed by atoms with van der Waals surface area (Å²) < 4.78 is 11.1. The SMILES string of the molecule is [B][C@@H]1O[C@@]2(CC)CC3(C(=O)OCc4ccccc4)S[C@H]1C32. The van der Waals surface area contributed by atoms with E-state index >= 15 is 0 Å². The molecule has 0 amide bonds. The molecule has 3 nitrogen and oxygen atoms in total. The van der Waals surface area contributed by atoms with Crippen molar-refractivity contribution in [1.82, 2.24) is 0 Å². The summed E-state index contributed by atoms with van der Waals surface area (Å²) in [5, 5.41) is 0.253. The summed E-state index contributed by atoms with van der Waals surface area (Å²) in [5.41, 5.74) is 0.838. The molecule has 0 N–H and O–H groups in total. The summed E-state index contributed by atoms with van der Waals surface area (Å²) >= 11 is 1.65. The monoisotopic (exact) mass is 300 g/mol. The highest BCUT2D eigenvalue weighted by atomic mass is 32.2. The molecule has 108 valence electrons. The molecule has 3 aliphatic rings. The molecule has 0 aromatic heterocycles. The van der Waals surface area contributed by atoms with Gasteiger partial charge in [0.1, 0.15) is 19.2 Å². The molecule has 21 heavy (non-hydrogen) atoms. The van der Waals surface area contributed by atoms with E-state index in [1.54, 1.807) is 11.8 Å². The molecule has 2 radical (unpaired) electrons. The number of carbonyl (C=O) groups is 1. The Morgan fingerprint density at radius 3 is 2.95 bits per heavy atom. The Hall–Kier alpha value is -0.935. The van der Waals surface area contributed by atoms with Crippen molar-refractivity contribution in [2.24, 2.45) is 5.92 Å². The van der Waals surface area contributed by atoms with Crippen LogP contribution < -0.4 is 0 Å². The largest absolute Gasteiger partial charge is 0.460 e. The maximum absolute atomic E-state index is 12.5. The number of carbonyl (C=O) groups excluding carboxylic acids is 1. The van der Waals surface area contributed by atoms with Gasteiger partial charge in [0.2, 0.25) is 0 Å². The first-order valence-corrected chi connectivity index (χ1v) is 8.32. The average molecular weight is 300 g/mol. The molecule has 2 aliphatic heterocycles. The third-order valence-corrected chi connectivity index (χ3v) is 6.96. The zero-order valence-electron chi connectivity index (χ0n) is 12.0. The van der Waals surface area contributed by atoms with Gasteiger partial charge in [-0.15, -0.1) is 11.8 Å². The van der Waals surface area contributed by atoms with Crippen molar-refractivity contribution in [3.63, 3.8) is 0 Å². The molecule has 2 unspecified atom stereocenters. The van der Waals surface area contributed by atoms with Crippen molar-refractivity contribution in [3.05, 3.63) is 35.9 Å². The van der Waals surface area contributed by atoms with Crippen LogP contribution in [0.4, 0.5) is 0 Å². The molecular formula is C16H17BO3S. The van der Waals surface area contributed by atoms with Crippen LogP contribution >= 0.6 is 11.8 Å². The fraction of sp³-hybridized carbons (Fsp3) is 0.562. The van der Waals surface area contributed by atoms with E-state index in [-0.39, 0.29) is 28.7 Å². The van der Waals surface area contributed by atoms with Crippen LogP contribution in [-0.2, 0) is 20.9 Å². The van der Waals surface area contributed by atoms with E-state index in [9.17, 15) is 4.79 Å². The van der Waals surface area contributed by atoms with Crippen LogP contribution in [-0.4, -0.2) is 35.4 Å². The quantitative estimate of drug-likeness (QED) is 0.631. The first kappa shape index (κ1) is 13.7. The van der Waals surface area contributed by atoms with Crippen LogP contribution in [0.25, 0.3) is 0 Å². The van der Waals surface area contributed by atoms with Gasteiger partial charge in [-0.1, -0.05) is 37.3 Å². The van der Waals surface area contributed by atoms with Gasteiger partial charge in [0.25, 0.3) is 0 Å². The predicted octanol–water partition coefficient (Wildman–Crippen LogP) is 2.28. The maximum Gasteiger partial charge on any atom is 0.323 e. The lowest BCUT2D eigenvalue weighted by molar-refractivity contribution is -0.172. The zero-order chi connectivity index (χ0) is 14.7. The second-order valence-electron chi connectivity index (χ2n) is 6.19. The van der Waals surface area contributed by atoms with Gasteiger partial charge in [-0.05, 0) is 12.0 Å². The second-order valence-corrected chi connectivity index (χ2v) is 7.70. The molecule has 0 bridgehead atoms. The minimum Gasteiger partial charge on any atom is -0.460 e. The van der Waals surface area contributed by atoms with E-state index in [4.69, 9.17) is 17.3 Å². The zero-order valence-corrected chi connectivity index (χ0v) is 12.8. The van der Waals surface area contributed by atoms with E-state index in [0.717, 1.165) is 18.4 Å². The summed E-state index contributed by atoms with van der Waals surface area (Å²) in [6, 6.07) is 9.54. The molecule has 0 spiro atoms. The number of esters is 1. The highest BCUT2D eigenvalue weighted by Crippen LogP contribution is 2.75. The van der Waals surface area contributed by atoms with E-state index in [1.165, 1.54) is 0 Å². The van der Waals surface area contributed by atoms with Crippen molar-refractivity contribution in [3.8, 4) is 0 Å². The summed E-state index contributed by atoms with van der Waals surface area (Å²) in [7, 11) is 6.03. The van der Waals surface area contributed by atoms with E-state index < -0.39 is 4.75 Å². The fourth-order valence-electron chi connectivity index (χ4n) is 4.11. The first-order chi connectivity index (χ1) is 10.1. The van der Waals surface area contributed by atoms with E-state index in [0.29, 0.717) is 6.61 Å². The summed E-state index contributed by atoms with van der Waals surface area (Å²) in [6.07, 6.45) is 1.65. The summed E-state index contributed by atoms with van der Waals surface area (Å²) in [6.45, 7) is 2.45. The summed E-state index contributed by atoms with van der Waals surface area (Å²) in [5.74, 6) is 0.137. The molecule has 2 saturated heterocycles. The molecule has 2 heterocycles. The normalized spacial score (nSPS) is 42.6. The highest BCUT2D eigenvalue weighted by molar-refractivity contribution is 8.03. The Kier molecular flexibility index (Phi) is 2.96. The maximum atomic E-state index is 12.5. The molecular weight excluding hydrogens is 283 g/mol. The van der Waals surface area contributed by atoms with Gasteiger partial charge in [-0.2, -0.15) is 0 Å². The molecule has 3 fully saturated rings. The van der Waals surface area contributed by atoms with Gasteiger partial charge in [0, 0.05) is 23.6 Å². The number of rotatable bonds is 4. The smallest absolute Gasteiger partial charge is 0.323 e. The van der Waals surface area contributed by atoms with E-state index in [1.807, 2.05) is 30.3 Å². The minimum atomic E-state index is -0.399. The third-order valence-electron chi connectivity index (χ3n) is 5.16. The molecule has 1 aromatic rings. The van der Waals surface area contributed by atoms with Crippen LogP contribution in [0.2, 0.25) is 0 Å². The topological polar surface area (TPSA) is 35.5 Å². The van der Waals surface area contributed by atoms with Gasteiger partial charge in [0.15, 0.2) is 0 Å². The van der Waals surface area contributed by atoms with Gasteiger partial charge in [0.05, 0.1) is 5.60 Å². The lowest BCUT2D eigenvalue weighted by Crippen LogP contribution is -2.74. The average Bonchev–Trinajstić information content (AvgIpc) is 2.59. The minimum absolute atomic E-state index is 0.0978. The molecule has 5 atom stereocenters. The Morgan fingerprint density at radius 1 is 1.48 bits per heavy atom. The first-order valence-electron chi connectivity index (χ1n) is 7.44. The third kappa shape index (κ3) is 1.70. The molecule has 1 aromatic carbocycles. The molecule has 5 heteroatoms. The number of hydrogen-bond donors (Lipinski definition) is 0. The van der Waals surface area contributed by atoms with Crippen molar-refractivity contribution in [1.29, 1.82) is 0 Å². The second kappa shape index (κ2) is 4.53. The van der Waals surface area contributed by atoms with Gasteiger partial charge in [-0.25, -0.2) is 0 Å². The predicted molar refractivity (Wildman–Crippen MR) is 82.1 cm³/mol. The Labute approximate surface area is 130 Å². The fourth-order valence-corrected chi connectivity index (χ4v) is 6.16. The van der Waals surface area contributed by atoms with Crippen LogP contribution in [0.5, 0.6) is 0 Å². The molecule has 4 rings (SSSR count). The lowest BCUT2D eigenvalue weighted by Gasteiger charge is -2.64. The lowest BCUT2D eigenvalue weighted by atomic mass is 9.57. The Balaban J connectivity index is 1.45. The Morgan fingerprint density at radius 2 is 2.24 bits per heavy atom. The van der Waals surface area contributed by atoms with E-state index in [2.05, 4.69) is 6.92 Å². The molecule has 1 aliphatic carbocycles. The van der Waals surface area contributed by atoms with Crippen LogP contribution in [0.1, 0.15) is 25.3 Å². The van der Waals surface area contributed by atoms with Crippen LogP contribution in [0, 0.1) is 5.92 Å².